The van der Waals surface area contributed by atoms with Crippen molar-refractivity contribution in [2.24, 2.45) is 29.1 Å². The zero-order chi connectivity index (χ0) is 27.6. The molecule has 0 saturated heterocycles. The van der Waals surface area contributed by atoms with Crippen molar-refractivity contribution in [2.45, 2.75) is 62.4 Å². The van der Waals surface area contributed by atoms with E-state index in [-0.39, 0.29) is 17.1 Å². The Bertz CT molecular complexity index is 1540. The first-order chi connectivity index (χ1) is 18.5. The van der Waals surface area contributed by atoms with Gasteiger partial charge in [0.05, 0.1) is 4.90 Å². The van der Waals surface area contributed by atoms with Gasteiger partial charge in [-0.15, -0.1) is 5.92 Å². The van der Waals surface area contributed by atoms with E-state index in [1.54, 1.807) is 12.1 Å². The third-order valence-corrected chi connectivity index (χ3v) is 11.4. The van der Waals surface area contributed by atoms with Crippen molar-refractivity contribution in [2.75, 3.05) is 6.26 Å². The van der Waals surface area contributed by atoms with Gasteiger partial charge < -0.3 is 5.11 Å². The van der Waals surface area contributed by atoms with Crippen LogP contribution in [0.1, 0.15) is 57.4 Å². The fourth-order valence-corrected chi connectivity index (χ4v) is 8.99. The highest BCUT2D eigenvalue weighted by atomic mass is 32.2. The van der Waals surface area contributed by atoms with E-state index in [1.165, 1.54) is 17.4 Å². The molecule has 4 aliphatic carbocycles. The molecule has 4 aliphatic rings. The van der Waals surface area contributed by atoms with Crippen LogP contribution in [-0.4, -0.2) is 31.2 Å². The monoisotopic (exact) mass is 540 g/mol. The number of carbonyl (C=O) groups is 1. The van der Waals surface area contributed by atoms with Crippen LogP contribution in [0.2, 0.25) is 0 Å². The van der Waals surface area contributed by atoms with E-state index in [9.17, 15) is 18.3 Å². The molecule has 6 rings (SSSR count). The van der Waals surface area contributed by atoms with Crippen molar-refractivity contribution in [3.8, 4) is 23.0 Å². The molecule has 0 bridgehead atoms. The van der Waals surface area contributed by atoms with Gasteiger partial charge in [0.1, 0.15) is 5.60 Å². The summed E-state index contributed by atoms with van der Waals surface area (Å²) in [5.41, 5.74) is 3.12. The van der Waals surface area contributed by atoms with E-state index in [0.29, 0.717) is 41.4 Å². The third-order valence-electron chi connectivity index (χ3n) is 10.3. The Morgan fingerprint density at radius 2 is 1.64 bits per heavy atom. The molecule has 0 aromatic heterocycles. The van der Waals surface area contributed by atoms with Gasteiger partial charge in [-0.05, 0) is 103 Å². The van der Waals surface area contributed by atoms with Crippen LogP contribution in [0.25, 0.3) is 11.1 Å². The zero-order valence-corrected chi connectivity index (χ0v) is 23.7. The summed E-state index contributed by atoms with van der Waals surface area (Å²) in [5.74, 6) is 8.11. The molecule has 2 saturated carbocycles. The molecular weight excluding hydrogens is 504 g/mol. The van der Waals surface area contributed by atoms with Crippen molar-refractivity contribution < 1.29 is 18.3 Å². The Kier molecular flexibility index (Phi) is 6.28. The number of carbonyl (C=O) groups excluding carboxylic acids is 1. The summed E-state index contributed by atoms with van der Waals surface area (Å²) < 4.78 is 23.7. The van der Waals surface area contributed by atoms with Crippen LogP contribution in [0, 0.1) is 40.9 Å². The molecule has 0 amide bonds. The van der Waals surface area contributed by atoms with E-state index >= 15 is 0 Å². The van der Waals surface area contributed by atoms with Crippen molar-refractivity contribution in [3.05, 3.63) is 77.9 Å². The van der Waals surface area contributed by atoms with Gasteiger partial charge in [-0.3, -0.25) is 4.79 Å². The van der Waals surface area contributed by atoms with Crippen molar-refractivity contribution in [1.82, 2.24) is 0 Å². The molecule has 2 fully saturated rings. The minimum absolute atomic E-state index is 0.223. The molecule has 0 unspecified atom stereocenters. The summed E-state index contributed by atoms with van der Waals surface area (Å²) in [6.07, 6.45) is 11.6. The van der Waals surface area contributed by atoms with Gasteiger partial charge in [0, 0.05) is 18.1 Å². The van der Waals surface area contributed by atoms with E-state index in [0.717, 1.165) is 30.4 Å². The fraction of sp³-hybridized carbons (Fsp3) is 0.441. The molecule has 2 aromatic rings. The van der Waals surface area contributed by atoms with Crippen LogP contribution in [0.3, 0.4) is 0 Å². The Hall–Kier alpha value is -2.94. The molecule has 39 heavy (non-hydrogen) atoms. The quantitative estimate of drug-likeness (QED) is 0.476. The number of sulfone groups is 1. The average Bonchev–Trinajstić information content (AvgIpc) is 3.17. The predicted octanol–water partition coefficient (Wildman–Crippen LogP) is 6.12. The van der Waals surface area contributed by atoms with Gasteiger partial charge >= 0.3 is 0 Å². The van der Waals surface area contributed by atoms with E-state index in [4.69, 9.17) is 0 Å². The number of hydrogen-bond acceptors (Lipinski definition) is 4. The Morgan fingerprint density at radius 1 is 0.974 bits per heavy atom. The molecule has 0 heterocycles. The van der Waals surface area contributed by atoms with Gasteiger partial charge in [-0.25, -0.2) is 8.42 Å². The Balaban J connectivity index is 1.40. The highest BCUT2D eigenvalue weighted by Crippen LogP contribution is 2.67. The van der Waals surface area contributed by atoms with Gasteiger partial charge in [0.2, 0.25) is 0 Å². The summed E-state index contributed by atoms with van der Waals surface area (Å²) in [6, 6.07) is 15.7. The normalized spacial score (nSPS) is 35.2. The molecule has 0 aliphatic heterocycles. The van der Waals surface area contributed by atoms with Crippen LogP contribution in [0.15, 0.2) is 77.2 Å². The highest BCUT2D eigenvalue weighted by molar-refractivity contribution is 7.90. The van der Waals surface area contributed by atoms with Gasteiger partial charge in [0.15, 0.2) is 15.6 Å². The molecule has 0 radical (unpaired) electrons. The zero-order valence-electron chi connectivity index (χ0n) is 22.9. The topological polar surface area (TPSA) is 71.4 Å². The summed E-state index contributed by atoms with van der Waals surface area (Å²) in [5, 5.41) is 11.8. The second-order valence-electron chi connectivity index (χ2n) is 12.3. The molecule has 1 N–H and O–H groups in total. The van der Waals surface area contributed by atoms with E-state index in [2.05, 4.69) is 55.2 Å². The lowest BCUT2D eigenvalue weighted by Crippen LogP contribution is -2.54. The van der Waals surface area contributed by atoms with Crippen molar-refractivity contribution in [3.63, 3.8) is 0 Å². The molecule has 2 aromatic carbocycles. The second-order valence-corrected chi connectivity index (χ2v) is 14.3. The first-order valence-corrected chi connectivity index (χ1v) is 15.9. The number of aliphatic hydroxyl groups is 1. The predicted molar refractivity (Wildman–Crippen MR) is 154 cm³/mol. The number of hydrogen-bond donors (Lipinski definition) is 1. The largest absolute Gasteiger partial charge is 0.377 e. The van der Waals surface area contributed by atoms with Gasteiger partial charge in [-0.2, -0.15) is 0 Å². The lowest BCUT2D eigenvalue weighted by Gasteiger charge is -2.56. The SMILES string of the molecule is CC#C[C@]1(O)CC[C@H]2[C@@H]3C=CC4=CC(=O)CC[C@@H]4[C@H]3[C@@H](c3ccc(-c4ccc(S(C)(=O)=O)cc4)cc3)C[C@@]21C. The smallest absolute Gasteiger partial charge is 0.175 e. The molecule has 202 valence electrons. The number of benzene rings is 2. The minimum Gasteiger partial charge on any atom is -0.377 e. The maximum absolute atomic E-state index is 12.3. The van der Waals surface area contributed by atoms with Crippen molar-refractivity contribution in [1.29, 1.82) is 0 Å². The van der Waals surface area contributed by atoms with Crippen LogP contribution in [0.5, 0.6) is 0 Å². The average molecular weight is 541 g/mol. The molecule has 0 spiro atoms. The fourth-order valence-electron chi connectivity index (χ4n) is 8.36. The lowest BCUT2D eigenvalue weighted by molar-refractivity contribution is -0.116. The molecule has 7 atom stereocenters. The first-order valence-electron chi connectivity index (χ1n) is 14.0. The summed E-state index contributed by atoms with van der Waals surface area (Å²) >= 11 is 0. The lowest BCUT2D eigenvalue weighted by atomic mass is 9.48. The standard InChI is InChI=1S/C34H36O4S/c1-4-18-34(36)19-17-31-29-15-11-25-20-26(35)12-16-28(25)32(29)30(21-33(31,34)2)24-7-5-22(6-8-24)23-9-13-27(14-10-23)39(3,37)38/h5-11,13-15,20,28-32,36H,12,16-17,19,21H2,1-3H3/t28-,29-,30+,31-,32+,33-,34-/m0/s1. The molecule has 4 nitrogen and oxygen atoms in total. The van der Waals surface area contributed by atoms with E-state index < -0.39 is 15.4 Å². The van der Waals surface area contributed by atoms with Crippen LogP contribution in [0.4, 0.5) is 0 Å². The number of fused-ring (bicyclic) bond motifs is 5. The van der Waals surface area contributed by atoms with Crippen LogP contribution in [-0.2, 0) is 14.6 Å². The third kappa shape index (κ3) is 4.24. The van der Waals surface area contributed by atoms with Crippen LogP contribution >= 0.6 is 0 Å². The molecular formula is C34H36O4S. The maximum atomic E-state index is 12.3. The van der Waals surface area contributed by atoms with Crippen LogP contribution < -0.4 is 0 Å². The summed E-state index contributed by atoms with van der Waals surface area (Å²) in [4.78, 5) is 12.6. The number of allylic oxidation sites excluding steroid dienone is 4. The maximum Gasteiger partial charge on any atom is 0.175 e. The Morgan fingerprint density at radius 3 is 2.28 bits per heavy atom. The summed E-state index contributed by atoms with van der Waals surface area (Å²) in [7, 11) is -3.24. The highest BCUT2D eigenvalue weighted by Gasteiger charge is 2.64. The van der Waals surface area contributed by atoms with Crippen molar-refractivity contribution >= 4 is 15.6 Å². The number of rotatable bonds is 3. The van der Waals surface area contributed by atoms with Gasteiger partial charge in [-0.1, -0.05) is 61.4 Å². The minimum atomic E-state index is -3.24. The second kappa shape index (κ2) is 9.32. The van der Waals surface area contributed by atoms with Gasteiger partial charge in [0.25, 0.3) is 0 Å². The van der Waals surface area contributed by atoms with E-state index in [1.807, 2.05) is 25.1 Å². The number of ketones is 1. The summed E-state index contributed by atoms with van der Waals surface area (Å²) in [6.45, 7) is 4.06. The molecule has 5 heteroatoms. The Labute approximate surface area is 232 Å². The first kappa shape index (κ1) is 26.3.